The number of nitrogens with one attached hydrogen (secondary N) is 1. The second kappa shape index (κ2) is 11.6. The summed E-state index contributed by atoms with van der Waals surface area (Å²) in [5.74, 6) is 1.11. The molecular formula is C27H31N3O4. The Morgan fingerprint density at radius 2 is 1.50 bits per heavy atom. The number of benzene rings is 2. The maximum Gasteiger partial charge on any atom is 0.248 e. The highest BCUT2D eigenvalue weighted by molar-refractivity contribution is 5.79. The van der Waals surface area contributed by atoms with Crippen molar-refractivity contribution >= 4 is 11.8 Å². The number of nitrogens with zero attached hydrogens (tertiary/aromatic N) is 2. The summed E-state index contributed by atoms with van der Waals surface area (Å²) in [5, 5.41) is 2.73. The quantitative estimate of drug-likeness (QED) is 0.530. The van der Waals surface area contributed by atoms with Crippen molar-refractivity contribution in [1.82, 2.24) is 15.1 Å². The molecule has 0 radical (unpaired) electrons. The summed E-state index contributed by atoms with van der Waals surface area (Å²) in [7, 11) is 0. The largest absolute Gasteiger partial charge is 0.465 e. The zero-order valence-electron chi connectivity index (χ0n) is 19.5. The van der Waals surface area contributed by atoms with E-state index < -0.39 is 0 Å². The average Bonchev–Trinajstić information content (AvgIpc) is 3.30. The van der Waals surface area contributed by atoms with E-state index in [2.05, 4.69) is 58.7 Å². The predicted molar refractivity (Wildman–Crippen MR) is 129 cm³/mol. The highest BCUT2D eigenvalue weighted by Gasteiger charge is 2.28. The molecule has 2 amide bonds. The smallest absolute Gasteiger partial charge is 0.248 e. The molecule has 0 saturated carbocycles. The number of carbonyl (C=O) groups excluding carboxylic acids is 2. The molecule has 0 spiro atoms. The van der Waals surface area contributed by atoms with E-state index in [1.165, 1.54) is 11.1 Å². The molecule has 7 nitrogen and oxygen atoms in total. The van der Waals surface area contributed by atoms with Gasteiger partial charge in [-0.05, 0) is 30.2 Å². The van der Waals surface area contributed by atoms with Crippen molar-refractivity contribution in [2.75, 3.05) is 39.4 Å². The Bertz CT molecular complexity index is 1020. The molecule has 4 rings (SSSR count). The summed E-state index contributed by atoms with van der Waals surface area (Å²) in [6.45, 7) is 4.68. The molecule has 0 atom stereocenters. The minimum Gasteiger partial charge on any atom is -0.465 e. The van der Waals surface area contributed by atoms with Crippen LogP contribution in [0.2, 0.25) is 0 Å². The third-order valence-electron chi connectivity index (χ3n) is 5.98. The van der Waals surface area contributed by atoms with Crippen molar-refractivity contribution in [2.24, 2.45) is 0 Å². The molecule has 1 fully saturated rings. The minimum absolute atomic E-state index is 0.0925. The van der Waals surface area contributed by atoms with Crippen molar-refractivity contribution in [3.8, 4) is 0 Å². The number of carbonyl (C=O) groups is 2. The van der Waals surface area contributed by atoms with Gasteiger partial charge in [0.2, 0.25) is 11.8 Å². The Morgan fingerprint density at radius 3 is 2.06 bits per heavy atom. The van der Waals surface area contributed by atoms with Gasteiger partial charge in [-0.15, -0.1) is 0 Å². The number of ether oxygens (including phenoxy) is 1. The topological polar surface area (TPSA) is 75.0 Å². The molecule has 1 aliphatic rings. The molecule has 1 aliphatic heterocycles. The van der Waals surface area contributed by atoms with Crippen LogP contribution in [0.1, 0.15) is 28.7 Å². The molecule has 3 aromatic rings. The molecule has 1 aromatic heterocycles. The zero-order chi connectivity index (χ0) is 23.8. The Labute approximate surface area is 200 Å². The summed E-state index contributed by atoms with van der Waals surface area (Å²) in [6, 6.07) is 24.7. The molecule has 0 bridgehead atoms. The molecule has 0 unspecified atom stereocenters. The van der Waals surface area contributed by atoms with Crippen LogP contribution in [0.25, 0.3) is 0 Å². The molecule has 34 heavy (non-hydrogen) atoms. The van der Waals surface area contributed by atoms with Gasteiger partial charge in [0.05, 0.1) is 12.6 Å². The van der Waals surface area contributed by atoms with E-state index in [4.69, 9.17) is 9.15 Å². The van der Waals surface area contributed by atoms with E-state index in [1.54, 1.807) is 0 Å². The lowest BCUT2D eigenvalue weighted by atomic mass is 9.96. The first-order valence-electron chi connectivity index (χ1n) is 11.6. The van der Waals surface area contributed by atoms with Crippen LogP contribution < -0.4 is 5.32 Å². The first-order valence-corrected chi connectivity index (χ1v) is 11.6. The number of furan rings is 1. The number of amides is 2. The lowest BCUT2D eigenvalue weighted by Crippen LogP contribution is -2.50. The van der Waals surface area contributed by atoms with E-state index >= 15 is 0 Å². The van der Waals surface area contributed by atoms with Crippen molar-refractivity contribution in [2.45, 2.75) is 19.5 Å². The van der Waals surface area contributed by atoms with Crippen LogP contribution >= 0.6 is 0 Å². The van der Waals surface area contributed by atoms with Gasteiger partial charge in [-0.2, -0.15) is 0 Å². The van der Waals surface area contributed by atoms with Gasteiger partial charge in [-0.3, -0.25) is 14.5 Å². The molecule has 0 aliphatic carbocycles. The molecule has 1 saturated heterocycles. The Kier molecular flexibility index (Phi) is 8.12. The molecule has 7 heteroatoms. The summed E-state index contributed by atoms with van der Waals surface area (Å²) in [6.07, 6.45) is 0. The van der Waals surface area contributed by atoms with Gasteiger partial charge in [0.1, 0.15) is 24.7 Å². The van der Waals surface area contributed by atoms with Crippen LogP contribution in [0.3, 0.4) is 0 Å². The standard InChI is InChI=1S/C27H31N3O4/c1-21-12-13-24(34-21)18-28-25(31)19-33-20-26(32)29-14-16-30(17-15-29)27(22-8-4-2-5-9-22)23-10-6-3-7-11-23/h2-13,27H,14-20H2,1H3,(H,28,31). The van der Waals surface area contributed by atoms with E-state index in [0.717, 1.165) is 18.8 Å². The molecule has 1 N–H and O–H groups in total. The third kappa shape index (κ3) is 6.34. The maximum atomic E-state index is 12.6. The van der Waals surface area contributed by atoms with Crippen LogP contribution in [-0.4, -0.2) is 61.0 Å². The number of hydrogen-bond donors (Lipinski definition) is 1. The Hall–Kier alpha value is -3.42. The van der Waals surface area contributed by atoms with Gasteiger partial charge in [-0.1, -0.05) is 60.7 Å². The van der Waals surface area contributed by atoms with Crippen molar-refractivity contribution in [3.05, 3.63) is 95.4 Å². The second-order valence-electron chi connectivity index (χ2n) is 8.42. The van der Waals surface area contributed by atoms with Crippen LogP contribution in [-0.2, 0) is 20.9 Å². The molecular weight excluding hydrogens is 430 g/mol. The monoisotopic (exact) mass is 461 g/mol. The lowest BCUT2D eigenvalue weighted by Gasteiger charge is -2.39. The van der Waals surface area contributed by atoms with E-state index in [9.17, 15) is 9.59 Å². The van der Waals surface area contributed by atoms with Gasteiger partial charge >= 0.3 is 0 Å². The summed E-state index contributed by atoms with van der Waals surface area (Å²) in [5.41, 5.74) is 2.49. The maximum absolute atomic E-state index is 12.6. The normalized spacial score (nSPS) is 14.4. The fourth-order valence-electron chi connectivity index (χ4n) is 4.25. The minimum atomic E-state index is -0.278. The van der Waals surface area contributed by atoms with Crippen LogP contribution in [0, 0.1) is 6.92 Å². The van der Waals surface area contributed by atoms with Gasteiger partial charge < -0.3 is 19.4 Å². The van der Waals surface area contributed by atoms with Crippen molar-refractivity contribution in [1.29, 1.82) is 0 Å². The highest BCUT2D eigenvalue weighted by Crippen LogP contribution is 2.29. The van der Waals surface area contributed by atoms with Crippen molar-refractivity contribution < 1.29 is 18.7 Å². The summed E-state index contributed by atoms with van der Waals surface area (Å²) < 4.78 is 10.8. The average molecular weight is 462 g/mol. The fourth-order valence-corrected chi connectivity index (χ4v) is 4.25. The van der Waals surface area contributed by atoms with Crippen LogP contribution in [0.15, 0.2) is 77.2 Å². The summed E-state index contributed by atoms with van der Waals surface area (Å²) >= 11 is 0. The second-order valence-corrected chi connectivity index (χ2v) is 8.42. The van der Waals surface area contributed by atoms with Crippen LogP contribution in [0.4, 0.5) is 0 Å². The number of aryl methyl sites for hydroxylation is 1. The SMILES string of the molecule is Cc1ccc(CNC(=O)COCC(=O)N2CCN(C(c3ccccc3)c3ccccc3)CC2)o1. The van der Waals surface area contributed by atoms with E-state index in [-0.39, 0.29) is 31.1 Å². The first kappa shape index (κ1) is 23.7. The number of rotatable bonds is 9. The van der Waals surface area contributed by atoms with Crippen molar-refractivity contribution in [3.63, 3.8) is 0 Å². The van der Waals surface area contributed by atoms with Gasteiger partial charge in [-0.25, -0.2) is 0 Å². The number of hydrogen-bond acceptors (Lipinski definition) is 5. The predicted octanol–water partition coefficient (Wildman–Crippen LogP) is 3.15. The van der Waals surface area contributed by atoms with Gasteiger partial charge in [0.15, 0.2) is 0 Å². The third-order valence-corrected chi connectivity index (χ3v) is 5.98. The van der Waals surface area contributed by atoms with Crippen LogP contribution in [0.5, 0.6) is 0 Å². The lowest BCUT2D eigenvalue weighted by molar-refractivity contribution is -0.140. The van der Waals surface area contributed by atoms with E-state index in [1.807, 2.05) is 36.1 Å². The van der Waals surface area contributed by atoms with Gasteiger partial charge in [0.25, 0.3) is 0 Å². The van der Waals surface area contributed by atoms with E-state index in [0.29, 0.717) is 25.4 Å². The Balaban J connectivity index is 1.24. The molecule has 178 valence electrons. The Morgan fingerprint density at radius 1 is 0.882 bits per heavy atom. The number of piperazine rings is 1. The highest BCUT2D eigenvalue weighted by atomic mass is 16.5. The first-order chi connectivity index (χ1) is 16.6. The fraction of sp³-hybridized carbons (Fsp3) is 0.333. The summed E-state index contributed by atoms with van der Waals surface area (Å²) in [4.78, 5) is 28.8. The van der Waals surface area contributed by atoms with Gasteiger partial charge in [0, 0.05) is 26.2 Å². The zero-order valence-corrected chi connectivity index (χ0v) is 19.5. The molecule has 2 aromatic carbocycles. The molecule has 2 heterocycles.